The number of benzene rings is 6. The van der Waals surface area contributed by atoms with Crippen LogP contribution in [0.2, 0.25) is 0 Å². The first-order chi connectivity index (χ1) is 29.2. The Kier molecular flexibility index (Phi) is 12.7. The van der Waals surface area contributed by atoms with Crippen LogP contribution in [0.5, 0.6) is 0 Å². The predicted molar refractivity (Wildman–Crippen MR) is 252 cm³/mol. The van der Waals surface area contributed by atoms with Crippen LogP contribution < -0.4 is 22.9 Å². The van der Waals surface area contributed by atoms with Crippen LogP contribution in [-0.4, -0.2) is 15.0 Å². The van der Waals surface area contributed by atoms with Gasteiger partial charge in [0, 0.05) is 64.9 Å². The number of aryl methyl sites for hydroxylation is 2. The lowest BCUT2D eigenvalue weighted by Gasteiger charge is -2.11. The second-order valence-corrected chi connectivity index (χ2v) is 14.5. The maximum absolute atomic E-state index is 5.92. The molecule has 3 aromatic heterocycles. The van der Waals surface area contributed by atoms with Gasteiger partial charge in [-0.05, 0) is 143 Å². The van der Waals surface area contributed by atoms with Crippen molar-refractivity contribution in [3.8, 4) is 66.9 Å². The molecule has 0 aliphatic carbocycles. The minimum absolute atomic E-state index is 0.727. The quantitative estimate of drug-likeness (QED) is 0.123. The van der Waals surface area contributed by atoms with Crippen molar-refractivity contribution in [3.05, 3.63) is 212 Å². The van der Waals surface area contributed by atoms with Gasteiger partial charge in [-0.3, -0.25) is 15.0 Å². The van der Waals surface area contributed by atoms with Gasteiger partial charge >= 0.3 is 0 Å². The number of anilines is 4. The summed E-state index contributed by atoms with van der Waals surface area (Å²) in [5, 5.41) is 0. The number of pyridine rings is 3. The summed E-state index contributed by atoms with van der Waals surface area (Å²) in [7, 11) is 0. The number of hydrogen-bond acceptors (Lipinski definition) is 7. The van der Waals surface area contributed by atoms with E-state index in [1.807, 2.05) is 122 Å². The van der Waals surface area contributed by atoms with Gasteiger partial charge in [-0.1, -0.05) is 102 Å². The average Bonchev–Trinajstić information content (AvgIpc) is 3.29. The molecule has 0 saturated carbocycles. The zero-order valence-corrected chi connectivity index (χ0v) is 33.7. The Labute approximate surface area is 352 Å². The Morgan fingerprint density at radius 2 is 0.783 bits per heavy atom. The summed E-state index contributed by atoms with van der Waals surface area (Å²) in [6.07, 6.45) is 9.12. The summed E-state index contributed by atoms with van der Waals surface area (Å²) < 4.78 is 0. The number of nitrogens with two attached hydrogens (primary N) is 4. The van der Waals surface area contributed by atoms with E-state index in [-0.39, 0.29) is 0 Å². The third-order valence-corrected chi connectivity index (χ3v) is 9.96. The molecule has 60 heavy (non-hydrogen) atoms. The van der Waals surface area contributed by atoms with E-state index in [0.717, 1.165) is 56.3 Å². The second kappa shape index (κ2) is 18.9. The highest BCUT2D eigenvalue weighted by atomic mass is 14.7. The predicted octanol–water partition coefficient (Wildman–Crippen LogP) is 12.2. The van der Waals surface area contributed by atoms with Crippen molar-refractivity contribution in [3.63, 3.8) is 0 Å². The molecule has 9 aromatic rings. The van der Waals surface area contributed by atoms with E-state index in [1.165, 1.54) is 44.5 Å². The summed E-state index contributed by atoms with van der Waals surface area (Å²) >= 11 is 0. The molecule has 0 radical (unpaired) electrons. The lowest BCUT2D eigenvalue weighted by Crippen LogP contribution is -1.92. The highest BCUT2D eigenvalue weighted by molar-refractivity contribution is 5.86. The molecule has 9 rings (SSSR count). The van der Waals surface area contributed by atoms with Gasteiger partial charge in [0.05, 0.1) is 5.69 Å². The van der Waals surface area contributed by atoms with Gasteiger partial charge < -0.3 is 22.9 Å². The lowest BCUT2D eigenvalue weighted by molar-refractivity contribution is 1.33. The van der Waals surface area contributed by atoms with Gasteiger partial charge in [0.25, 0.3) is 0 Å². The topological polar surface area (TPSA) is 143 Å². The van der Waals surface area contributed by atoms with Crippen LogP contribution in [0.4, 0.5) is 22.7 Å². The first kappa shape index (κ1) is 40.2. The van der Waals surface area contributed by atoms with Crippen molar-refractivity contribution < 1.29 is 0 Å². The van der Waals surface area contributed by atoms with Crippen molar-refractivity contribution in [1.82, 2.24) is 15.0 Å². The van der Waals surface area contributed by atoms with Crippen molar-refractivity contribution >= 4 is 22.7 Å². The number of aromatic nitrogens is 3. The molecule has 0 spiro atoms. The summed E-state index contributed by atoms with van der Waals surface area (Å²) in [5.41, 5.74) is 42.3. The Bertz CT molecular complexity index is 2460. The fourth-order valence-corrected chi connectivity index (χ4v) is 6.89. The molecule has 3 heterocycles. The molecule has 0 bridgehead atoms. The molecule has 0 saturated heterocycles. The highest BCUT2D eigenvalue weighted by Crippen LogP contribution is 2.35. The Hall–Kier alpha value is -8.03. The molecule has 0 aliphatic heterocycles. The smallest absolute Gasteiger partial charge is 0.0708 e. The maximum atomic E-state index is 5.92. The Morgan fingerprint density at radius 3 is 1.27 bits per heavy atom. The Morgan fingerprint density at radius 1 is 0.317 bits per heavy atom. The fraction of sp³-hybridized carbons (Fsp3) is 0.0377. The monoisotopic (exact) mass is 781 g/mol. The molecule has 7 heteroatoms. The number of hydrogen-bond donors (Lipinski definition) is 4. The van der Waals surface area contributed by atoms with E-state index in [9.17, 15) is 0 Å². The zero-order valence-electron chi connectivity index (χ0n) is 33.7. The number of nitrogen functional groups attached to an aromatic ring is 4. The molecule has 8 N–H and O–H groups in total. The molecule has 7 nitrogen and oxygen atoms in total. The van der Waals surface area contributed by atoms with Crippen LogP contribution in [-0.2, 0) is 0 Å². The van der Waals surface area contributed by atoms with Crippen LogP contribution in [0.15, 0.2) is 201 Å². The molecular formula is C53H47N7. The minimum Gasteiger partial charge on any atom is -0.399 e. The molecule has 0 fully saturated rings. The molecule has 294 valence electrons. The first-order valence-electron chi connectivity index (χ1n) is 19.6. The highest BCUT2D eigenvalue weighted by Gasteiger charge is 2.11. The Balaban J connectivity index is 0.000000136. The van der Waals surface area contributed by atoms with E-state index in [2.05, 4.69) is 95.5 Å². The third-order valence-electron chi connectivity index (χ3n) is 9.96. The van der Waals surface area contributed by atoms with Crippen LogP contribution in [0.25, 0.3) is 66.9 Å². The summed E-state index contributed by atoms with van der Waals surface area (Å²) in [4.78, 5) is 12.7. The molecule has 6 aromatic carbocycles. The van der Waals surface area contributed by atoms with Gasteiger partial charge in [-0.15, -0.1) is 0 Å². The van der Waals surface area contributed by atoms with Crippen molar-refractivity contribution in [2.75, 3.05) is 22.9 Å². The van der Waals surface area contributed by atoms with Crippen LogP contribution >= 0.6 is 0 Å². The number of rotatable bonds is 6. The second-order valence-electron chi connectivity index (χ2n) is 14.5. The summed E-state index contributed by atoms with van der Waals surface area (Å²) in [5.74, 6) is 0. The lowest BCUT2D eigenvalue weighted by atomic mass is 9.93. The molecule has 0 unspecified atom stereocenters. The zero-order chi connectivity index (χ0) is 41.8. The minimum atomic E-state index is 0.727. The third kappa shape index (κ3) is 10.1. The summed E-state index contributed by atoms with van der Waals surface area (Å²) in [6, 6.07) is 56.6. The normalized spacial score (nSPS) is 10.4. The van der Waals surface area contributed by atoms with E-state index in [4.69, 9.17) is 22.9 Å². The molecular weight excluding hydrogens is 735 g/mol. The van der Waals surface area contributed by atoms with Crippen molar-refractivity contribution in [2.45, 2.75) is 13.8 Å². The van der Waals surface area contributed by atoms with Crippen LogP contribution in [0, 0.1) is 13.8 Å². The summed E-state index contributed by atoms with van der Waals surface area (Å²) in [6.45, 7) is 4.21. The van der Waals surface area contributed by atoms with Gasteiger partial charge in [-0.2, -0.15) is 0 Å². The fourth-order valence-electron chi connectivity index (χ4n) is 6.89. The van der Waals surface area contributed by atoms with E-state index in [0.29, 0.717) is 0 Å². The van der Waals surface area contributed by atoms with Gasteiger partial charge in [-0.25, -0.2) is 0 Å². The van der Waals surface area contributed by atoms with E-state index < -0.39 is 0 Å². The molecule has 0 amide bonds. The van der Waals surface area contributed by atoms with Crippen molar-refractivity contribution in [2.24, 2.45) is 0 Å². The SMILES string of the molecule is Cc1ccc(-c2ccc(N)cc2)c(-c2cccnc2)c1.Cc1ccc(-c2ccc(N)cc2)c(-c2ccncc2)c1.Nc1ccc(-c2ccc(N)cc2-c2ccccn2)cc1. The first-order valence-corrected chi connectivity index (χ1v) is 19.6. The maximum Gasteiger partial charge on any atom is 0.0708 e. The van der Waals surface area contributed by atoms with Crippen LogP contribution in [0.3, 0.4) is 0 Å². The molecule has 0 aliphatic rings. The number of nitrogens with zero attached hydrogens (tertiary/aromatic N) is 3. The van der Waals surface area contributed by atoms with Crippen molar-refractivity contribution in [1.29, 1.82) is 0 Å². The van der Waals surface area contributed by atoms with Gasteiger partial charge in [0.15, 0.2) is 0 Å². The average molecular weight is 782 g/mol. The van der Waals surface area contributed by atoms with E-state index in [1.54, 1.807) is 12.4 Å². The van der Waals surface area contributed by atoms with E-state index >= 15 is 0 Å². The largest absolute Gasteiger partial charge is 0.399 e. The van der Waals surface area contributed by atoms with Gasteiger partial charge in [0.1, 0.15) is 0 Å². The van der Waals surface area contributed by atoms with Gasteiger partial charge in [0.2, 0.25) is 0 Å². The van der Waals surface area contributed by atoms with Crippen LogP contribution in [0.1, 0.15) is 11.1 Å². The molecule has 0 atom stereocenters. The standard InChI is InChI=1S/2C18H16N2.C17H15N3/c1-13-2-7-17(14-3-5-16(19)6-4-14)18(12-13)15-8-10-20-11-9-15;1-13-4-9-17(14-5-7-16(19)8-6-14)18(11-13)15-3-2-10-20-12-15;18-13-6-4-12(5-7-13)15-9-8-14(19)11-16(15)17-3-1-2-10-20-17/h2*2-12H,19H2,1H3;1-11H,18-19H2.